The Morgan fingerprint density at radius 2 is 2.03 bits per heavy atom. The van der Waals surface area contributed by atoms with E-state index in [1.165, 1.54) is 0 Å². The Balaban J connectivity index is 1.62. The summed E-state index contributed by atoms with van der Waals surface area (Å²) >= 11 is 0. The first kappa shape index (κ1) is 21.3. The van der Waals surface area contributed by atoms with Gasteiger partial charge in [-0.25, -0.2) is 0 Å². The molecule has 1 aromatic heterocycles. The van der Waals surface area contributed by atoms with E-state index in [-0.39, 0.29) is 28.9 Å². The number of pyridine rings is 1. The molecule has 2 aromatic rings. The minimum absolute atomic E-state index is 0.0000736. The molecule has 31 heavy (non-hydrogen) atoms. The van der Waals surface area contributed by atoms with Crippen molar-refractivity contribution in [3.05, 3.63) is 69.1 Å². The largest absolute Gasteiger partial charge is 0.381 e. The molecule has 1 N–H and O–H groups in total. The molecule has 1 fully saturated rings. The Kier molecular flexibility index (Phi) is 6.51. The normalized spacial score (nSPS) is 18.0. The zero-order valence-electron chi connectivity index (χ0n) is 17.9. The summed E-state index contributed by atoms with van der Waals surface area (Å²) in [6.07, 6.45) is 3.95. The maximum Gasteiger partial charge on any atom is 0.263 e. The van der Waals surface area contributed by atoms with Crippen LogP contribution in [-0.4, -0.2) is 47.6 Å². The van der Waals surface area contributed by atoms with Crippen LogP contribution in [0, 0.1) is 5.92 Å². The van der Waals surface area contributed by atoms with Crippen molar-refractivity contribution in [1.29, 1.82) is 0 Å². The zero-order valence-corrected chi connectivity index (χ0v) is 17.9. The molecule has 1 atom stereocenters. The smallest absolute Gasteiger partial charge is 0.263 e. The quantitative estimate of drug-likeness (QED) is 0.768. The van der Waals surface area contributed by atoms with Gasteiger partial charge in [0.15, 0.2) is 0 Å². The molecule has 2 aliphatic heterocycles. The Bertz CT molecular complexity index is 1010. The van der Waals surface area contributed by atoms with Crippen LogP contribution in [0.5, 0.6) is 0 Å². The van der Waals surface area contributed by atoms with Gasteiger partial charge in [0.1, 0.15) is 5.56 Å². The second-order valence-corrected chi connectivity index (χ2v) is 8.37. The average molecular weight is 424 g/mol. The van der Waals surface area contributed by atoms with Crippen molar-refractivity contribution < 1.29 is 14.3 Å². The number of rotatable bonds is 6. The summed E-state index contributed by atoms with van der Waals surface area (Å²) in [5.74, 6) is -0.0320. The molecule has 2 aliphatic rings. The standard InChI is InChI=1S/C24H29N3O4/c1-17(28)26-11-8-21-20(14-26)15-27(10-7-18-5-3-2-4-6-18)24(30)22(21)23(29)25-13-19-9-12-31-16-19/h2-6,15,19H,7-14,16H2,1H3,(H,25,29). The van der Waals surface area contributed by atoms with Crippen molar-refractivity contribution in [2.24, 2.45) is 5.92 Å². The minimum Gasteiger partial charge on any atom is -0.381 e. The van der Waals surface area contributed by atoms with E-state index in [0.29, 0.717) is 52.2 Å². The van der Waals surface area contributed by atoms with Crippen LogP contribution in [0.2, 0.25) is 0 Å². The van der Waals surface area contributed by atoms with Crippen LogP contribution < -0.4 is 10.9 Å². The van der Waals surface area contributed by atoms with Crippen LogP contribution in [0.1, 0.15) is 40.4 Å². The number of nitrogens with zero attached hydrogens (tertiary/aromatic N) is 2. The van der Waals surface area contributed by atoms with E-state index >= 15 is 0 Å². The Morgan fingerprint density at radius 1 is 1.23 bits per heavy atom. The molecule has 3 heterocycles. The highest BCUT2D eigenvalue weighted by Gasteiger charge is 2.27. The van der Waals surface area contributed by atoms with E-state index in [1.807, 2.05) is 36.5 Å². The lowest BCUT2D eigenvalue weighted by Gasteiger charge is -2.29. The molecule has 0 spiro atoms. The van der Waals surface area contributed by atoms with E-state index < -0.39 is 0 Å². The number of ether oxygens (including phenoxy) is 1. The Labute approximate surface area is 182 Å². The molecule has 1 aromatic carbocycles. The van der Waals surface area contributed by atoms with Crippen LogP contribution in [0.15, 0.2) is 41.3 Å². The highest BCUT2D eigenvalue weighted by molar-refractivity contribution is 5.95. The minimum atomic E-state index is -0.321. The number of hydrogen-bond donors (Lipinski definition) is 1. The van der Waals surface area contributed by atoms with Gasteiger partial charge < -0.3 is 19.5 Å². The third-order valence-electron chi connectivity index (χ3n) is 6.20. The number of carbonyl (C=O) groups is 2. The summed E-state index contributed by atoms with van der Waals surface area (Å²) in [6.45, 7) is 4.84. The molecule has 1 saturated heterocycles. The van der Waals surface area contributed by atoms with Gasteiger partial charge in [-0.15, -0.1) is 0 Å². The van der Waals surface area contributed by atoms with Gasteiger partial charge in [-0.2, -0.15) is 0 Å². The molecular formula is C24H29N3O4. The van der Waals surface area contributed by atoms with Crippen LogP contribution in [0.3, 0.4) is 0 Å². The van der Waals surface area contributed by atoms with E-state index in [1.54, 1.807) is 16.4 Å². The molecule has 1 unspecified atom stereocenters. The lowest BCUT2D eigenvalue weighted by molar-refractivity contribution is -0.129. The van der Waals surface area contributed by atoms with Gasteiger partial charge in [0.2, 0.25) is 5.91 Å². The molecule has 0 bridgehead atoms. The third kappa shape index (κ3) is 4.88. The van der Waals surface area contributed by atoms with Gasteiger partial charge in [0.05, 0.1) is 6.61 Å². The van der Waals surface area contributed by atoms with E-state index in [4.69, 9.17) is 4.74 Å². The molecule has 164 valence electrons. The number of aryl methyl sites for hydroxylation is 2. The van der Waals surface area contributed by atoms with Crippen molar-refractivity contribution in [3.63, 3.8) is 0 Å². The van der Waals surface area contributed by atoms with E-state index in [0.717, 1.165) is 23.1 Å². The topological polar surface area (TPSA) is 80.6 Å². The highest BCUT2D eigenvalue weighted by atomic mass is 16.5. The van der Waals surface area contributed by atoms with Crippen LogP contribution >= 0.6 is 0 Å². The number of aromatic nitrogens is 1. The van der Waals surface area contributed by atoms with Gasteiger partial charge >= 0.3 is 0 Å². The predicted molar refractivity (Wildman–Crippen MR) is 117 cm³/mol. The van der Waals surface area contributed by atoms with Crippen molar-refractivity contribution in [3.8, 4) is 0 Å². The number of fused-ring (bicyclic) bond motifs is 1. The van der Waals surface area contributed by atoms with Gasteiger partial charge in [-0.1, -0.05) is 30.3 Å². The summed E-state index contributed by atoms with van der Waals surface area (Å²) in [6, 6.07) is 9.96. The first-order valence-corrected chi connectivity index (χ1v) is 10.9. The van der Waals surface area contributed by atoms with E-state index in [9.17, 15) is 14.4 Å². The summed E-state index contributed by atoms with van der Waals surface area (Å²) in [5.41, 5.74) is 2.76. The Hall–Kier alpha value is -2.93. The fraction of sp³-hybridized carbons (Fsp3) is 0.458. The van der Waals surface area contributed by atoms with Crippen LogP contribution in [0.25, 0.3) is 0 Å². The zero-order chi connectivity index (χ0) is 21.8. The summed E-state index contributed by atoms with van der Waals surface area (Å²) in [7, 11) is 0. The highest BCUT2D eigenvalue weighted by Crippen LogP contribution is 2.21. The molecule has 0 radical (unpaired) electrons. The number of hydrogen-bond acceptors (Lipinski definition) is 4. The van der Waals surface area contributed by atoms with Gasteiger partial charge in [0, 0.05) is 51.8 Å². The van der Waals surface area contributed by atoms with Gasteiger partial charge in [0.25, 0.3) is 11.5 Å². The number of nitrogens with one attached hydrogen (secondary N) is 1. The van der Waals surface area contributed by atoms with E-state index in [2.05, 4.69) is 5.32 Å². The maximum atomic E-state index is 13.3. The first-order valence-electron chi connectivity index (χ1n) is 10.9. The van der Waals surface area contributed by atoms with Crippen molar-refractivity contribution >= 4 is 11.8 Å². The fourth-order valence-electron chi connectivity index (χ4n) is 4.34. The second kappa shape index (κ2) is 9.47. The molecule has 7 nitrogen and oxygen atoms in total. The van der Waals surface area contributed by atoms with Crippen molar-refractivity contribution in [2.75, 3.05) is 26.3 Å². The van der Waals surface area contributed by atoms with Gasteiger partial charge in [-0.05, 0) is 36.0 Å². The van der Waals surface area contributed by atoms with Crippen molar-refractivity contribution in [1.82, 2.24) is 14.8 Å². The number of amides is 2. The molecule has 7 heteroatoms. The molecule has 0 saturated carbocycles. The first-order chi connectivity index (χ1) is 15.0. The Morgan fingerprint density at radius 3 is 2.74 bits per heavy atom. The number of benzene rings is 1. The average Bonchev–Trinajstić information content (AvgIpc) is 3.30. The van der Waals surface area contributed by atoms with Crippen molar-refractivity contribution in [2.45, 2.75) is 39.3 Å². The molecule has 0 aliphatic carbocycles. The van der Waals surface area contributed by atoms with Crippen LogP contribution in [-0.2, 0) is 35.5 Å². The SMILES string of the molecule is CC(=O)N1CCc2c(cn(CCc3ccccc3)c(=O)c2C(=O)NCC2CCOC2)C1. The third-order valence-corrected chi connectivity index (χ3v) is 6.20. The monoisotopic (exact) mass is 423 g/mol. The summed E-state index contributed by atoms with van der Waals surface area (Å²) in [5, 5.41) is 2.95. The number of carbonyl (C=O) groups excluding carboxylic acids is 2. The second-order valence-electron chi connectivity index (χ2n) is 8.37. The molecule has 2 amide bonds. The van der Waals surface area contributed by atoms with Crippen LogP contribution in [0.4, 0.5) is 0 Å². The summed E-state index contributed by atoms with van der Waals surface area (Å²) in [4.78, 5) is 40.1. The fourth-order valence-corrected chi connectivity index (χ4v) is 4.34. The molecular weight excluding hydrogens is 394 g/mol. The lowest BCUT2D eigenvalue weighted by atomic mass is 9.95. The van der Waals surface area contributed by atoms with Gasteiger partial charge in [-0.3, -0.25) is 14.4 Å². The lowest BCUT2D eigenvalue weighted by Crippen LogP contribution is -2.41. The maximum absolute atomic E-state index is 13.3. The summed E-state index contributed by atoms with van der Waals surface area (Å²) < 4.78 is 7.01. The molecule has 4 rings (SSSR count). The predicted octanol–water partition coefficient (Wildman–Crippen LogP) is 1.76.